The molecule has 1 aliphatic rings. The van der Waals surface area contributed by atoms with Gasteiger partial charge >= 0.3 is 12.0 Å². The van der Waals surface area contributed by atoms with Crippen LogP contribution >= 0.6 is 0 Å². The summed E-state index contributed by atoms with van der Waals surface area (Å²) in [6, 6.07) is -1.16. The summed E-state index contributed by atoms with van der Waals surface area (Å²) >= 11 is 0. The fourth-order valence-electron chi connectivity index (χ4n) is 1.77. The standard InChI is InChI=1S/C11H20N2O4/c1-4-8(9(14)15)12-10(16)13-5-6-17-11(2,3)7-13/h8H,4-7H2,1-3H3,(H,12,16)(H,14,15)/t8-/m0/s1. The van der Waals surface area contributed by atoms with Crippen molar-refractivity contribution in [3.05, 3.63) is 0 Å². The van der Waals surface area contributed by atoms with Gasteiger partial charge in [0.15, 0.2) is 0 Å². The number of morpholine rings is 1. The second-order valence-electron chi connectivity index (χ2n) is 4.78. The zero-order chi connectivity index (χ0) is 13.1. The van der Waals surface area contributed by atoms with Gasteiger partial charge in [-0.3, -0.25) is 0 Å². The predicted molar refractivity (Wildman–Crippen MR) is 61.9 cm³/mol. The van der Waals surface area contributed by atoms with Crippen molar-refractivity contribution in [1.29, 1.82) is 0 Å². The molecule has 2 N–H and O–H groups in total. The molecule has 0 aromatic heterocycles. The second-order valence-corrected chi connectivity index (χ2v) is 4.78. The van der Waals surface area contributed by atoms with Crippen molar-refractivity contribution in [2.45, 2.75) is 38.8 Å². The van der Waals surface area contributed by atoms with Crippen molar-refractivity contribution in [3.8, 4) is 0 Å². The van der Waals surface area contributed by atoms with Gasteiger partial charge in [-0.25, -0.2) is 9.59 Å². The summed E-state index contributed by atoms with van der Waals surface area (Å²) in [5.74, 6) is -1.01. The van der Waals surface area contributed by atoms with E-state index in [1.807, 2.05) is 13.8 Å². The van der Waals surface area contributed by atoms with Crippen LogP contribution in [0.1, 0.15) is 27.2 Å². The Labute approximate surface area is 101 Å². The quantitative estimate of drug-likeness (QED) is 0.764. The van der Waals surface area contributed by atoms with Gasteiger partial charge < -0.3 is 20.1 Å². The average Bonchev–Trinajstić information content (AvgIpc) is 2.23. The Morgan fingerprint density at radius 3 is 2.65 bits per heavy atom. The third-order valence-electron chi connectivity index (χ3n) is 2.72. The highest BCUT2D eigenvalue weighted by atomic mass is 16.5. The lowest BCUT2D eigenvalue weighted by Crippen LogP contribution is -2.55. The van der Waals surface area contributed by atoms with Gasteiger partial charge in [-0.1, -0.05) is 6.92 Å². The van der Waals surface area contributed by atoms with Crippen LogP contribution in [-0.2, 0) is 9.53 Å². The summed E-state index contributed by atoms with van der Waals surface area (Å²) in [4.78, 5) is 24.3. The van der Waals surface area contributed by atoms with Crippen molar-refractivity contribution in [2.24, 2.45) is 0 Å². The minimum absolute atomic E-state index is 0.337. The average molecular weight is 244 g/mol. The third kappa shape index (κ3) is 3.89. The molecular formula is C11H20N2O4. The van der Waals surface area contributed by atoms with Gasteiger partial charge in [0.25, 0.3) is 0 Å². The number of amides is 2. The topological polar surface area (TPSA) is 78.9 Å². The first-order valence-electron chi connectivity index (χ1n) is 5.78. The van der Waals surface area contributed by atoms with Crippen molar-refractivity contribution in [2.75, 3.05) is 19.7 Å². The minimum atomic E-state index is -1.01. The number of nitrogens with one attached hydrogen (secondary N) is 1. The van der Waals surface area contributed by atoms with Crippen molar-refractivity contribution < 1.29 is 19.4 Å². The molecule has 0 aromatic rings. The maximum Gasteiger partial charge on any atom is 0.326 e. The van der Waals surface area contributed by atoms with Crippen LogP contribution in [0, 0.1) is 0 Å². The number of nitrogens with zero attached hydrogens (tertiary/aromatic N) is 1. The van der Waals surface area contributed by atoms with Crippen molar-refractivity contribution >= 4 is 12.0 Å². The Morgan fingerprint density at radius 2 is 2.18 bits per heavy atom. The molecule has 6 heteroatoms. The summed E-state index contributed by atoms with van der Waals surface area (Å²) < 4.78 is 5.49. The molecule has 1 aliphatic heterocycles. The largest absolute Gasteiger partial charge is 0.480 e. The molecule has 1 saturated heterocycles. The molecular weight excluding hydrogens is 224 g/mol. The number of hydrogen-bond donors (Lipinski definition) is 2. The number of rotatable bonds is 3. The summed E-state index contributed by atoms with van der Waals surface area (Å²) in [5.41, 5.74) is -0.374. The van der Waals surface area contributed by atoms with Crippen LogP contribution in [0.4, 0.5) is 4.79 Å². The molecule has 6 nitrogen and oxygen atoms in total. The van der Waals surface area contributed by atoms with E-state index in [4.69, 9.17) is 9.84 Å². The lowest BCUT2D eigenvalue weighted by Gasteiger charge is -2.38. The molecule has 0 unspecified atom stereocenters. The highest BCUT2D eigenvalue weighted by Crippen LogP contribution is 2.16. The van der Waals surface area contributed by atoms with Gasteiger partial charge in [-0.2, -0.15) is 0 Å². The van der Waals surface area contributed by atoms with Crippen molar-refractivity contribution in [3.63, 3.8) is 0 Å². The Kier molecular flexibility index (Phi) is 4.34. The maximum absolute atomic E-state index is 11.9. The van der Waals surface area contributed by atoms with Crippen molar-refractivity contribution in [1.82, 2.24) is 10.2 Å². The molecule has 0 bridgehead atoms. The number of carboxylic acid groups (broad SMARTS) is 1. The number of aliphatic carboxylic acids is 1. The SMILES string of the molecule is CC[C@H](NC(=O)N1CCOC(C)(C)C1)C(=O)O. The van der Waals surface area contributed by atoms with Gasteiger partial charge in [0.1, 0.15) is 6.04 Å². The van der Waals surface area contributed by atoms with Gasteiger partial charge in [0, 0.05) is 6.54 Å². The summed E-state index contributed by atoms with van der Waals surface area (Å²) in [5, 5.41) is 11.4. The first-order valence-corrected chi connectivity index (χ1v) is 5.78. The van der Waals surface area contributed by atoms with Crippen LogP contribution in [-0.4, -0.2) is 53.3 Å². The molecule has 0 aliphatic carbocycles. The molecule has 17 heavy (non-hydrogen) atoms. The zero-order valence-corrected chi connectivity index (χ0v) is 10.5. The van der Waals surface area contributed by atoms with Crippen LogP contribution in [0.3, 0.4) is 0 Å². The Hall–Kier alpha value is -1.30. The van der Waals surface area contributed by atoms with Crippen LogP contribution in [0.25, 0.3) is 0 Å². The molecule has 2 amide bonds. The molecule has 0 radical (unpaired) electrons. The van der Waals surface area contributed by atoms with Crippen LogP contribution < -0.4 is 5.32 Å². The number of hydrogen-bond acceptors (Lipinski definition) is 3. The van der Waals surface area contributed by atoms with E-state index in [0.29, 0.717) is 26.1 Å². The van der Waals surface area contributed by atoms with Gasteiger partial charge in [-0.05, 0) is 20.3 Å². The minimum Gasteiger partial charge on any atom is -0.480 e. The molecule has 98 valence electrons. The smallest absolute Gasteiger partial charge is 0.326 e. The van der Waals surface area contributed by atoms with Crippen LogP contribution in [0.15, 0.2) is 0 Å². The molecule has 1 rings (SSSR count). The molecule has 0 spiro atoms. The van der Waals surface area contributed by atoms with Gasteiger partial charge in [-0.15, -0.1) is 0 Å². The fraction of sp³-hybridized carbons (Fsp3) is 0.818. The summed E-state index contributed by atoms with van der Waals surface area (Å²) in [6.07, 6.45) is 0.370. The monoisotopic (exact) mass is 244 g/mol. The van der Waals surface area contributed by atoms with E-state index in [2.05, 4.69) is 5.32 Å². The number of carbonyl (C=O) groups is 2. The van der Waals surface area contributed by atoms with Gasteiger partial charge in [0.05, 0.1) is 18.8 Å². The molecule has 0 aromatic carbocycles. The van der Waals surface area contributed by atoms with E-state index in [1.54, 1.807) is 11.8 Å². The summed E-state index contributed by atoms with van der Waals surface area (Å²) in [6.45, 7) is 6.97. The molecule has 0 saturated carbocycles. The molecule has 1 heterocycles. The van der Waals surface area contributed by atoms with E-state index >= 15 is 0 Å². The number of carboxylic acids is 1. The van der Waals surface area contributed by atoms with Crippen LogP contribution in [0.2, 0.25) is 0 Å². The summed E-state index contributed by atoms with van der Waals surface area (Å²) in [7, 11) is 0. The Morgan fingerprint density at radius 1 is 1.53 bits per heavy atom. The molecule has 1 atom stereocenters. The second kappa shape index (κ2) is 5.35. The first-order chi connectivity index (χ1) is 7.85. The van der Waals surface area contributed by atoms with E-state index in [0.717, 1.165) is 0 Å². The third-order valence-corrected chi connectivity index (χ3v) is 2.72. The number of urea groups is 1. The number of ether oxygens (including phenoxy) is 1. The fourth-order valence-corrected chi connectivity index (χ4v) is 1.77. The normalized spacial score (nSPS) is 20.8. The van der Waals surface area contributed by atoms with E-state index in [-0.39, 0.29) is 11.6 Å². The van der Waals surface area contributed by atoms with Crippen LogP contribution in [0.5, 0.6) is 0 Å². The first kappa shape index (κ1) is 13.8. The lowest BCUT2D eigenvalue weighted by atomic mass is 10.1. The lowest BCUT2D eigenvalue weighted by molar-refractivity contribution is -0.139. The van der Waals surface area contributed by atoms with Gasteiger partial charge in [0.2, 0.25) is 0 Å². The van der Waals surface area contributed by atoms with E-state index < -0.39 is 12.0 Å². The highest BCUT2D eigenvalue weighted by molar-refractivity contribution is 5.82. The predicted octanol–water partition coefficient (Wildman–Crippen LogP) is 0.670. The Balaban J connectivity index is 2.55. The van der Waals surface area contributed by atoms with E-state index in [1.165, 1.54) is 0 Å². The molecule has 1 fully saturated rings. The zero-order valence-electron chi connectivity index (χ0n) is 10.5. The van der Waals surface area contributed by atoms with E-state index in [9.17, 15) is 9.59 Å². The Bertz CT molecular complexity index is 304. The highest BCUT2D eigenvalue weighted by Gasteiger charge is 2.31. The number of carbonyl (C=O) groups excluding carboxylic acids is 1. The maximum atomic E-state index is 11.9.